The quantitative estimate of drug-likeness (QED) is 0.638. The van der Waals surface area contributed by atoms with E-state index in [1.807, 2.05) is 11.9 Å². The first-order valence-electron chi connectivity index (χ1n) is 7.78. The van der Waals surface area contributed by atoms with Crippen LogP contribution < -0.4 is 0 Å². The molecular weight excluding hydrogens is 234 g/mol. The van der Waals surface area contributed by atoms with Crippen LogP contribution in [0, 0.1) is 5.92 Å². The van der Waals surface area contributed by atoms with E-state index < -0.39 is 0 Å². The number of carbonyl (C=O) groups excluding carboxylic acids is 1. The van der Waals surface area contributed by atoms with E-state index in [0.717, 1.165) is 45.1 Å². The first-order valence-corrected chi connectivity index (χ1v) is 7.78. The van der Waals surface area contributed by atoms with Gasteiger partial charge in [0.05, 0.1) is 0 Å². The number of rotatable bonds is 8. The number of hydrogen-bond donors (Lipinski definition) is 0. The lowest BCUT2D eigenvalue weighted by molar-refractivity contribution is -0.130. The molecule has 0 saturated carbocycles. The zero-order valence-corrected chi connectivity index (χ0v) is 12.8. The number of unbranched alkanes of at least 4 members (excludes halogenated alkanes) is 1. The maximum atomic E-state index is 11.9. The van der Waals surface area contributed by atoms with Crippen molar-refractivity contribution in [2.45, 2.75) is 58.8 Å². The lowest BCUT2D eigenvalue weighted by Crippen LogP contribution is -2.27. The predicted molar refractivity (Wildman–Crippen MR) is 82.0 cm³/mol. The van der Waals surface area contributed by atoms with E-state index in [4.69, 9.17) is 0 Å². The van der Waals surface area contributed by atoms with Gasteiger partial charge >= 0.3 is 0 Å². The van der Waals surface area contributed by atoms with Crippen molar-refractivity contribution in [3.05, 3.63) is 23.8 Å². The van der Waals surface area contributed by atoms with Gasteiger partial charge in [-0.15, -0.1) is 0 Å². The zero-order valence-electron chi connectivity index (χ0n) is 12.8. The second-order valence-electron chi connectivity index (χ2n) is 5.55. The van der Waals surface area contributed by atoms with Crippen LogP contribution in [0.3, 0.4) is 0 Å². The van der Waals surface area contributed by atoms with E-state index in [2.05, 4.69) is 32.1 Å². The number of nitrogens with zero attached hydrogens (tertiary/aromatic N) is 1. The van der Waals surface area contributed by atoms with Crippen molar-refractivity contribution in [1.82, 2.24) is 4.90 Å². The van der Waals surface area contributed by atoms with E-state index in [1.165, 1.54) is 5.57 Å². The molecule has 1 aliphatic carbocycles. The molecule has 1 aliphatic rings. The molecule has 0 aromatic heterocycles. The molecule has 1 amide bonds. The van der Waals surface area contributed by atoms with E-state index >= 15 is 0 Å². The van der Waals surface area contributed by atoms with E-state index in [1.54, 1.807) is 0 Å². The minimum Gasteiger partial charge on any atom is -0.346 e. The van der Waals surface area contributed by atoms with Gasteiger partial charge in [0, 0.05) is 20.0 Å². The van der Waals surface area contributed by atoms with Gasteiger partial charge in [-0.2, -0.15) is 0 Å². The molecule has 0 N–H and O–H groups in total. The van der Waals surface area contributed by atoms with E-state index in [9.17, 15) is 4.79 Å². The van der Waals surface area contributed by atoms with Crippen LogP contribution in [0.2, 0.25) is 0 Å². The number of allylic oxidation sites excluding steroid dienone is 4. The number of carbonyl (C=O) groups is 1. The lowest BCUT2D eigenvalue weighted by atomic mass is 9.91. The molecular formula is C17H29NO. The topological polar surface area (TPSA) is 20.3 Å². The van der Waals surface area contributed by atoms with Gasteiger partial charge < -0.3 is 4.90 Å². The molecule has 108 valence electrons. The van der Waals surface area contributed by atoms with Crippen molar-refractivity contribution >= 4 is 5.91 Å². The molecule has 0 bridgehead atoms. The minimum absolute atomic E-state index is 0.304. The second kappa shape index (κ2) is 8.95. The zero-order chi connectivity index (χ0) is 14.1. The highest BCUT2D eigenvalue weighted by atomic mass is 16.2. The summed E-state index contributed by atoms with van der Waals surface area (Å²) in [5.74, 6) is 0.946. The standard InChI is InChI=1S/C17H29NO/c1-4-6-14-18(3)17(19)9-7-8-16-12-10-15(5-2)11-13-16/h10-12,16H,4-9,13-14H2,1-3H3. The van der Waals surface area contributed by atoms with Crippen molar-refractivity contribution in [3.8, 4) is 0 Å². The van der Waals surface area contributed by atoms with Gasteiger partial charge in [-0.3, -0.25) is 4.79 Å². The largest absolute Gasteiger partial charge is 0.346 e. The number of amides is 1. The summed E-state index contributed by atoms with van der Waals surface area (Å²) >= 11 is 0. The van der Waals surface area contributed by atoms with Crippen molar-refractivity contribution in [2.24, 2.45) is 5.92 Å². The molecule has 1 unspecified atom stereocenters. The summed E-state index contributed by atoms with van der Waals surface area (Å²) in [6.45, 7) is 5.26. The van der Waals surface area contributed by atoms with Crippen LogP contribution in [0.5, 0.6) is 0 Å². The Morgan fingerprint density at radius 1 is 1.37 bits per heavy atom. The SMILES string of the molecule is CCCCN(C)C(=O)CCCC1C=CC(CC)=CC1. The third-order valence-electron chi connectivity index (χ3n) is 3.91. The van der Waals surface area contributed by atoms with Crippen molar-refractivity contribution in [2.75, 3.05) is 13.6 Å². The molecule has 0 aromatic carbocycles. The summed E-state index contributed by atoms with van der Waals surface area (Å²) in [5, 5.41) is 0. The van der Waals surface area contributed by atoms with Gasteiger partial charge in [0.2, 0.25) is 5.91 Å². The normalized spacial score (nSPS) is 18.3. The van der Waals surface area contributed by atoms with Gasteiger partial charge in [-0.25, -0.2) is 0 Å². The molecule has 2 heteroatoms. The predicted octanol–water partition coefficient (Wildman–Crippen LogP) is 4.33. The number of hydrogen-bond acceptors (Lipinski definition) is 1. The Labute approximate surface area is 118 Å². The summed E-state index contributed by atoms with van der Waals surface area (Å²) in [6.07, 6.45) is 14.3. The lowest BCUT2D eigenvalue weighted by Gasteiger charge is -2.18. The first-order chi connectivity index (χ1) is 9.17. The molecule has 19 heavy (non-hydrogen) atoms. The fourth-order valence-corrected chi connectivity index (χ4v) is 2.41. The van der Waals surface area contributed by atoms with Crippen LogP contribution in [0.4, 0.5) is 0 Å². The third kappa shape index (κ3) is 6.09. The van der Waals surface area contributed by atoms with Crippen LogP contribution in [0.15, 0.2) is 23.8 Å². The van der Waals surface area contributed by atoms with Crippen molar-refractivity contribution in [3.63, 3.8) is 0 Å². The summed E-state index contributed by atoms with van der Waals surface area (Å²) in [7, 11) is 1.93. The molecule has 0 aromatic rings. The Hall–Kier alpha value is -1.05. The van der Waals surface area contributed by atoms with Crippen molar-refractivity contribution < 1.29 is 4.79 Å². The highest BCUT2D eigenvalue weighted by molar-refractivity contribution is 5.75. The summed E-state index contributed by atoms with van der Waals surface area (Å²) < 4.78 is 0. The van der Waals surface area contributed by atoms with Crippen LogP contribution in [-0.4, -0.2) is 24.4 Å². The summed E-state index contributed by atoms with van der Waals surface area (Å²) in [4.78, 5) is 13.8. The first kappa shape index (κ1) is 16.0. The maximum absolute atomic E-state index is 11.9. The van der Waals surface area contributed by atoms with E-state index in [-0.39, 0.29) is 0 Å². The Morgan fingerprint density at radius 2 is 2.16 bits per heavy atom. The highest BCUT2D eigenvalue weighted by Crippen LogP contribution is 2.22. The Balaban J connectivity index is 2.16. The second-order valence-corrected chi connectivity index (χ2v) is 5.55. The average molecular weight is 263 g/mol. The van der Waals surface area contributed by atoms with Gasteiger partial charge in [-0.05, 0) is 38.0 Å². The molecule has 0 aliphatic heterocycles. The summed E-state index contributed by atoms with van der Waals surface area (Å²) in [6, 6.07) is 0. The fourth-order valence-electron chi connectivity index (χ4n) is 2.41. The average Bonchev–Trinajstić information content (AvgIpc) is 2.45. The van der Waals surface area contributed by atoms with E-state index in [0.29, 0.717) is 18.2 Å². The highest BCUT2D eigenvalue weighted by Gasteiger charge is 2.11. The van der Waals surface area contributed by atoms with Crippen LogP contribution in [0.1, 0.15) is 58.8 Å². The van der Waals surface area contributed by atoms with Crippen LogP contribution >= 0.6 is 0 Å². The molecule has 1 atom stereocenters. The molecule has 0 spiro atoms. The molecule has 1 rings (SSSR count). The molecule has 0 fully saturated rings. The Bertz CT molecular complexity index is 330. The van der Waals surface area contributed by atoms with Crippen LogP contribution in [-0.2, 0) is 4.79 Å². The monoisotopic (exact) mass is 263 g/mol. The van der Waals surface area contributed by atoms with Gasteiger partial charge in [-0.1, -0.05) is 44.1 Å². The Morgan fingerprint density at radius 3 is 2.74 bits per heavy atom. The van der Waals surface area contributed by atoms with Gasteiger partial charge in [0.15, 0.2) is 0 Å². The van der Waals surface area contributed by atoms with Gasteiger partial charge in [0.25, 0.3) is 0 Å². The Kier molecular flexibility index (Phi) is 7.54. The third-order valence-corrected chi connectivity index (χ3v) is 3.91. The molecule has 0 heterocycles. The molecule has 0 radical (unpaired) electrons. The molecule has 2 nitrogen and oxygen atoms in total. The van der Waals surface area contributed by atoms with Crippen molar-refractivity contribution in [1.29, 1.82) is 0 Å². The summed E-state index contributed by atoms with van der Waals surface area (Å²) in [5.41, 5.74) is 1.45. The molecule has 0 saturated heterocycles. The fraction of sp³-hybridized carbons (Fsp3) is 0.706. The maximum Gasteiger partial charge on any atom is 0.222 e. The smallest absolute Gasteiger partial charge is 0.222 e. The minimum atomic E-state index is 0.304. The van der Waals surface area contributed by atoms with Gasteiger partial charge in [0.1, 0.15) is 0 Å². The van der Waals surface area contributed by atoms with Crippen LogP contribution in [0.25, 0.3) is 0 Å².